The molecule has 1 amide bonds. The molecular formula is C30H37N3O3. The Kier molecular flexibility index (Phi) is 9.09. The van der Waals surface area contributed by atoms with Crippen molar-refractivity contribution in [3.8, 4) is 5.75 Å². The predicted octanol–water partition coefficient (Wildman–Crippen LogP) is 4.41. The molecule has 3 aromatic rings. The fraction of sp³-hybridized carbons (Fsp3) is 0.400. The van der Waals surface area contributed by atoms with Gasteiger partial charge in [0.15, 0.2) is 0 Å². The van der Waals surface area contributed by atoms with Gasteiger partial charge in [0.1, 0.15) is 5.75 Å². The van der Waals surface area contributed by atoms with Gasteiger partial charge in [-0.1, -0.05) is 62.4 Å². The molecule has 3 N–H and O–H groups in total. The molecule has 0 aliphatic carbocycles. The van der Waals surface area contributed by atoms with Crippen molar-refractivity contribution in [2.24, 2.45) is 0 Å². The van der Waals surface area contributed by atoms with Crippen molar-refractivity contribution >= 4 is 5.91 Å². The minimum atomic E-state index is -0.769. The number of aryl methyl sites for hydroxylation is 1. The minimum absolute atomic E-state index is 0.271. The summed E-state index contributed by atoms with van der Waals surface area (Å²) in [6.45, 7) is 5.95. The van der Waals surface area contributed by atoms with Crippen molar-refractivity contribution in [3.05, 3.63) is 94.8 Å². The number of ether oxygens (including phenoxy) is 1. The van der Waals surface area contributed by atoms with Crippen molar-refractivity contribution in [3.63, 3.8) is 0 Å². The van der Waals surface area contributed by atoms with Crippen LogP contribution in [0.3, 0.4) is 0 Å². The monoisotopic (exact) mass is 487 g/mol. The van der Waals surface area contributed by atoms with Crippen LogP contribution < -0.4 is 15.4 Å². The molecule has 36 heavy (non-hydrogen) atoms. The number of aliphatic hydroxyl groups is 1. The smallest absolute Gasteiger partial charge is 0.253 e. The third-order valence-electron chi connectivity index (χ3n) is 6.63. The Morgan fingerprint density at radius 2 is 1.92 bits per heavy atom. The lowest BCUT2D eigenvalue weighted by Crippen LogP contribution is -2.48. The van der Waals surface area contributed by atoms with E-state index in [1.54, 1.807) is 12.3 Å². The van der Waals surface area contributed by atoms with Crippen LogP contribution in [0.2, 0.25) is 0 Å². The highest BCUT2D eigenvalue weighted by Crippen LogP contribution is 2.17. The Labute approximate surface area is 214 Å². The van der Waals surface area contributed by atoms with Gasteiger partial charge in [0.2, 0.25) is 0 Å². The molecule has 6 heteroatoms. The van der Waals surface area contributed by atoms with E-state index in [2.05, 4.69) is 78.0 Å². The number of hydrogen-bond acceptors (Lipinski definition) is 5. The van der Waals surface area contributed by atoms with Gasteiger partial charge in [-0.25, -0.2) is 0 Å². The number of nitrogens with one attached hydrogen (secondary N) is 2. The SMILES string of the molecule is CC(C)c1cccc(CNC[C@@H](O)[C@@H]2Cc3cccc(c3)CCCCOc3cncc(c3)C(=O)N2)c1. The molecule has 0 spiro atoms. The van der Waals surface area contributed by atoms with Crippen LogP contribution in [0.4, 0.5) is 0 Å². The highest BCUT2D eigenvalue weighted by molar-refractivity contribution is 5.94. The molecule has 0 saturated carbocycles. The van der Waals surface area contributed by atoms with E-state index in [1.165, 1.54) is 22.9 Å². The average molecular weight is 488 g/mol. The second kappa shape index (κ2) is 12.7. The third kappa shape index (κ3) is 7.39. The highest BCUT2D eigenvalue weighted by atomic mass is 16.5. The van der Waals surface area contributed by atoms with Gasteiger partial charge in [-0.3, -0.25) is 9.78 Å². The number of rotatable bonds is 6. The Morgan fingerprint density at radius 1 is 1.08 bits per heavy atom. The zero-order valence-electron chi connectivity index (χ0n) is 21.2. The summed E-state index contributed by atoms with van der Waals surface area (Å²) in [7, 11) is 0. The summed E-state index contributed by atoms with van der Waals surface area (Å²) in [6, 6.07) is 18.2. The van der Waals surface area contributed by atoms with Crippen LogP contribution in [0.1, 0.15) is 65.2 Å². The molecule has 0 saturated heterocycles. The number of carbonyl (C=O) groups is 1. The largest absolute Gasteiger partial charge is 0.492 e. The molecule has 2 heterocycles. The number of amides is 1. The molecule has 1 aromatic heterocycles. The fourth-order valence-electron chi connectivity index (χ4n) is 4.51. The van der Waals surface area contributed by atoms with E-state index in [-0.39, 0.29) is 5.91 Å². The molecule has 0 radical (unpaired) electrons. The summed E-state index contributed by atoms with van der Waals surface area (Å²) in [5.41, 5.74) is 5.25. The van der Waals surface area contributed by atoms with Gasteiger partial charge in [-0.15, -0.1) is 0 Å². The molecule has 190 valence electrons. The highest BCUT2D eigenvalue weighted by Gasteiger charge is 2.23. The zero-order chi connectivity index (χ0) is 25.3. The van der Waals surface area contributed by atoms with Gasteiger partial charge in [-0.05, 0) is 59.9 Å². The fourth-order valence-corrected chi connectivity index (χ4v) is 4.51. The summed E-state index contributed by atoms with van der Waals surface area (Å²) in [5, 5.41) is 17.6. The number of nitrogens with zero attached hydrogens (tertiary/aromatic N) is 1. The van der Waals surface area contributed by atoms with Gasteiger partial charge >= 0.3 is 0 Å². The Bertz CT molecular complexity index is 1150. The molecule has 4 rings (SSSR count). The predicted molar refractivity (Wildman–Crippen MR) is 142 cm³/mol. The Hall–Kier alpha value is -3.22. The summed E-state index contributed by atoms with van der Waals surface area (Å²) in [5.74, 6) is 0.780. The second-order valence-corrected chi connectivity index (χ2v) is 9.92. The lowest BCUT2D eigenvalue weighted by molar-refractivity contribution is 0.0829. The van der Waals surface area contributed by atoms with Gasteiger partial charge in [0, 0.05) is 19.3 Å². The molecule has 1 aliphatic heterocycles. The Morgan fingerprint density at radius 3 is 2.78 bits per heavy atom. The van der Waals surface area contributed by atoms with Gasteiger partial charge in [0.25, 0.3) is 5.91 Å². The van der Waals surface area contributed by atoms with Crippen molar-refractivity contribution in [2.45, 2.75) is 64.1 Å². The number of aromatic nitrogens is 1. The van der Waals surface area contributed by atoms with E-state index < -0.39 is 12.1 Å². The maximum atomic E-state index is 13.1. The summed E-state index contributed by atoms with van der Waals surface area (Å²) in [4.78, 5) is 17.3. The van der Waals surface area contributed by atoms with Gasteiger partial charge < -0.3 is 20.5 Å². The van der Waals surface area contributed by atoms with Gasteiger partial charge in [0.05, 0.1) is 30.5 Å². The lowest BCUT2D eigenvalue weighted by Gasteiger charge is -2.25. The Balaban J connectivity index is 1.49. The van der Waals surface area contributed by atoms with Crippen molar-refractivity contribution in [2.75, 3.05) is 13.2 Å². The molecule has 4 bridgehead atoms. The van der Waals surface area contributed by atoms with Crippen LogP contribution in [0.5, 0.6) is 5.75 Å². The lowest BCUT2D eigenvalue weighted by atomic mass is 9.97. The third-order valence-corrected chi connectivity index (χ3v) is 6.63. The van der Waals surface area contributed by atoms with Crippen LogP contribution in [-0.4, -0.2) is 41.3 Å². The van der Waals surface area contributed by atoms with E-state index in [9.17, 15) is 9.90 Å². The number of fused-ring (bicyclic) bond motifs is 4. The molecule has 0 unspecified atom stereocenters. The van der Waals surface area contributed by atoms with E-state index in [4.69, 9.17) is 4.74 Å². The number of carbonyl (C=O) groups excluding carboxylic acids is 1. The summed E-state index contributed by atoms with van der Waals surface area (Å²) in [6.07, 6.45) is 5.83. The van der Waals surface area contributed by atoms with E-state index in [0.29, 0.717) is 43.3 Å². The van der Waals surface area contributed by atoms with E-state index in [0.717, 1.165) is 24.8 Å². The quantitative estimate of drug-likeness (QED) is 0.480. The second-order valence-electron chi connectivity index (χ2n) is 9.92. The molecular weight excluding hydrogens is 450 g/mol. The first-order chi connectivity index (χ1) is 17.5. The van der Waals surface area contributed by atoms with E-state index >= 15 is 0 Å². The van der Waals surface area contributed by atoms with E-state index in [1.807, 2.05) is 0 Å². The van der Waals surface area contributed by atoms with Crippen LogP contribution in [0.25, 0.3) is 0 Å². The van der Waals surface area contributed by atoms with Crippen molar-refractivity contribution in [1.29, 1.82) is 0 Å². The molecule has 2 aromatic carbocycles. The molecule has 6 nitrogen and oxygen atoms in total. The normalized spacial score (nSPS) is 17.4. The standard InChI is InChI=1S/C30H37N3O3/c1-21(2)25-11-6-10-24(14-25)17-31-20-29(34)28-15-23-9-5-8-22(13-23)7-3-4-12-36-27-16-26(18-32-19-27)30(35)33-28/h5-6,8-11,13-14,16,18-19,21,28-29,31,34H,3-4,7,12,15,17,20H2,1-2H3,(H,33,35)/t28-,29+/m0/s1. The van der Waals surface area contributed by atoms with Crippen LogP contribution in [0.15, 0.2) is 67.0 Å². The maximum absolute atomic E-state index is 13.1. The molecule has 1 aliphatic rings. The minimum Gasteiger partial charge on any atom is -0.492 e. The zero-order valence-corrected chi connectivity index (χ0v) is 21.2. The molecule has 2 atom stereocenters. The van der Waals surface area contributed by atoms with Crippen molar-refractivity contribution < 1.29 is 14.6 Å². The number of aliphatic hydroxyl groups excluding tert-OH is 1. The number of benzene rings is 2. The van der Waals surface area contributed by atoms with Crippen LogP contribution in [0, 0.1) is 0 Å². The number of hydrogen-bond donors (Lipinski definition) is 3. The van der Waals surface area contributed by atoms with Crippen LogP contribution >= 0.6 is 0 Å². The summed E-state index contributed by atoms with van der Waals surface area (Å²) < 4.78 is 5.82. The first-order valence-electron chi connectivity index (χ1n) is 12.9. The average Bonchev–Trinajstić information content (AvgIpc) is 2.88. The van der Waals surface area contributed by atoms with Gasteiger partial charge in [-0.2, -0.15) is 0 Å². The summed E-state index contributed by atoms with van der Waals surface area (Å²) >= 11 is 0. The maximum Gasteiger partial charge on any atom is 0.253 e. The first-order valence-corrected chi connectivity index (χ1v) is 12.9. The number of pyridine rings is 1. The molecule has 0 fully saturated rings. The first kappa shape index (κ1) is 25.9. The van der Waals surface area contributed by atoms with Crippen LogP contribution in [-0.2, 0) is 19.4 Å². The van der Waals surface area contributed by atoms with Crippen molar-refractivity contribution in [1.82, 2.24) is 15.6 Å². The topological polar surface area (TPSA) is 83.5 Å².